The molecule has 3 heterocycles. The molecular weight excluding hydrogens is 465 g/mol. The second-order valence-electron chi connectivity index (χ2n) is 8.99. The first-order valence-electron chi connectivity index (χ1n) is 11.0. The average molecular weight is 491 g/mol. The van der Waals surface area contributed by atoms with Gasteiger partial charge in [-0.05, 0) is 65.3 Å². The molecule has 2 fully saturated rings. The molecule has 1 atom stereocenters. The first-order valence-corrected chi connectivity index (χ1v) is 12.0. The van der Waals surface area contributed by atoms with Crippen molar-refractivity contribution >= 4 is 28.8 Å². The number of likely N-dealkylation sites (N-methyl/N-ethyl adjacent to an activating group) is 1. The van der Waals surface area contributed by atoms with Crippen molar-refractivity contribution in [3.05, 3.63) is 51.7 Å². The molecule has 2 saturated heterocycles. The number of nitrogens with zero attached hydrogens (tertiary/aromatic N) is 3. The van der Waals surface area contributed by atoms with Gasteiger partial charge in [-0.3, -0.25) is 9.59 Å². The molecule has 1 aromatic carbocycles. The molecule has 10 heteroatoms. The zero-order chi connectivity index (χ0) is 24.5. The van der Waals surface area contributed by atoms with Gasteiger partial charge in [0, 0.05) is 32.4 Å². The zero-order valence-corrected chi connectivity index (χ0v) is 19.5. The van der Waals surface area contributed by atoms with E-state index < -0.39 is 23.3 Å². The summed E-state index contributed by atoms with van der Waals surface area (Å²) in [6.07, 6.45) is -2.51. The van der Waals surface area contributed by atoms with E-state index in [-0.39, 0.29) is 23.7 Å². The molecule has 2 aliphatic rings. The fourth-order valence-corrected chi connectivity index (χ4v) is 5.72. The number of thiophene rings is 1. The molecule has 6 nitrogen and oxygen atoms in total. The summed E-state index contributed by atoms with van der Waals surface area (Å²) in [6, 6.07) is 6.76. The number of carbonyl (C=O) groups excluding carboxylic acids is 2. The number of piperidine rings is 1. The van der Waals surface area contributed by atoms with E-state index in [9.17, 15) is 22.8 Å². The smallest absolute Gasteiger partial charge is 0.371 e. The lowest BCUT2D eigenvalue weighted by atomic mass is 9.76. The number of hydrogen-bond acceptors (Lipinski definition) is 5. The Morgan fingerprint density at radius 2 is 2.00 bits per heavy atom. The normalized spacial score (nSPS) is 19.8. The third-order valence-electron chi connectivity index (χ3n) is 6.93. The summed E-state index contributed by atoms with van der Waals surface area (Å²) in [5.74, 6) is -0.284. The molecule has 0 radical (unpaired) electrons. The van der Waals surface area contributed by atoms with Crippen LogP contribution in [0.1, 0.15) is 36.0 Å². The molecule has 1 N–H and O–H groups in total. The van der Waals surface area contributed by atoms with Gasteiger partial charge in [0.25, 0.3) is 0 Å². The topological polar surface area (TPSA) is 76.4 Å². The number of anilines is 1. The summed E-state index contributed by atoms with van der Waals surface area (Å²) in [5.41, 5.74) is -0.236. The summed E-state index contributed by atoms with van der Waals surface area (Å²) in [7, 11) is 1.56. The standard InChI is InChI=1S/C24H25F3N4O2S/c1-29-22(33)20-12-23(15-31(20)21(32)10-16-4-9-34-14-16)5-7-30(8-6-23)18-3-2-17(13-28)19(11-18)24(25,26)27/h2-4,9,11,14,20H,5-8,10,12,15H2,1H3,(H,29,33). The van der Waals surface area contributed by atoms with Gasteiger partial charge in [0.1, 0.15) is 6.04 Å². The van der Waals surface area contributed by atoms with E-state index in [2.05, 4.69) is 5.32 Å². The first kappa shape index (κ1) is 24.1. The first-order chi connectivity index (χ1) is 16.2. The molecule has 0 saturated carbocycles. The lowest BCUT2D eigenvalue weighted by Gasteiger charge is -2.40. The molecule has 2 aliphatic heterocycles. The van der Waals surface area contributed by atoms with E-state index in [0.717, 1.165) is 11.6 Å². The van der Waals surface area contributed by atoms with Crippen molar-refractivity contribution in [2.24, 2.45) is 5.41 Å². The lowest BCUT2D eigenvalue weighted by molar-refractivity contribution is -0.138. The van der Waals surface area contributed by atoms with Gasteiger partial charge in [0.2, 0.25) is 11.8 Å². The Balaban J connectivity index is 1.49. The monoisotopic (exact) mass is 490 g/mol. The number of nitriles is 1. The number of halogens is 3. The van der Waals surface area contributed by atoms with Gasteiger partial charge in [0.15, 0.2) is 0 Å². The zero-order valence-electron chi connectivity index (χ0n) is 18.7. The Labute approximate surface area is 200 Å². The Hall–Kier alpha value is -3.06. The molecule has 2 amide bonds. The number of carbonyl (C=O) groups is 2. The van der Waals surface area contributed by atoms with Crippen LogP contribution in [0.3, 0.4) is 0 Å². The van der Waals surface area contributed by atoms with Crippen LogP contribution in [0.15, 0.2) is 35.0 Å². The van der Waals surface area contributed by atoms with Gasteiger partial charge in [-0.25, -0.2) is 0 Å². The van der Waals surface area contributed by atoms with Gasteiger partial charge < -0.3 is 15.1 Å². The van der Waals surface area contributed by atoms with E-state index in [4.69, 9.17) is 5.26 Å². The Morgan fingerprint density at radius 1 is 1.26 bits per heavy atom. The van der Waals surface area contributed by atoms with E-state index in [0.29, 0.717) is 44.6 Å². The Bertz CT molecular complexity index is 1100. The number of rotatable bonds is 4. The minimum atomic E-state index is -4.60. The highest BCUT2D eigenvalue weighted by Gasteiger charge is 2.49. The number of alkyl halides is 3. The number of likely N-dealkylation sites (tertiary alicyclic amines) is 1. The maximum atomic E-state index is 13.4. The summed E-state index contributed by atoms with van der Waals surface area (Å²) >= 11 is 1.52. The summed E-state index contributed by atoms with van der Waals surface area (Å²) in [4.78, 5) is 29.2. The van der Waals surface area contributed by atoms with Crippen LogP contribution in [0.5, 0.6) is 0 Å². The minimum absolute atomic E-state index is 0.0896. The molecule has 1 spiro atoms. The number of nitrogens with one attached hydrogen (secondary N) is 1. The van der Waals surface area contributed by atoms with E-state index in [1.165, 1.54) is 17.4 Å². The molecular formula is C24H25F3N4O2S. The van der Waals surface area contributed by atoms with Crippen molar-refractivity contribution in [1.29, 1.82) is 5.26 Å². The van der Waals surface area contributed by atoms with E-state index in [1.54, 1.807) is 24.1 Å². The van der Waals surface area contributed by atoms with Crippen LogP contribution >= 0.6 is 11.3 Å². The molecule has 0 aliphatic carbocycles. The van der Waals surface area contributed by atoms with Gasteiger partial charge >= 0.3 is 6.18 Å². The number of amides is 2. The van der Waals surface area contributed by atoms with Crippen molar-refractivity contribution in [2.75, 3.05) is 31.6 Å². The predicted octanol–water partition coefficient (Wildman–Crippen LogP) is 3.81. The highest BCUT2D eigenvalue weighted by atomic mass is 32.1. The largest absolute Gasteiger partial charge is 0.417 e. The molecule has 2 aromatic rings. The molecule has 34 heavy (non-hydrogen) atoms. The van der Waals surface area contributed by atoms with Crippen LogP contribution in [0.2, 0.25) is 0 Å². The van der Waals surface area contributed by atoms with Gasteiger partial charge in [-0.2, -0.15) is 29.8 Å². The highest BCUT2D eigenvalue weighted by Crippen LogP contribution is 2.45. The van der Waals surface area contributed by atoms with Gasteiger partial charge in [0.05, 0.1) is 23.6 Å². The Kier molecular flexibility index (Phi) is 6.58. The van der Waals surface area contributed by atoms with Gasteiger partial charge in [-0.15, -0.1) is 0 Å². The quantitative estimate of drug-likeness (QED) is 0.707. The Morgan fingerprint density at radius 3 is 2.59 bits per heavy atom. The molecule has 4 rings (SSSR count). The third-order valence-corrected chi connectivity index (χ3v) is 7.66. The van der Waals surface area contributed by atoms with Crippen LogP contribution in [0.25, 0.3) is 0 Å². The summed E-state index contributed by atoms with van der Waals surface area (Å²) in [6.45, 7) is 1.48. The van der Waals surface area contributed by atoms with Crippen LogP contribution in [-0.4, -0.2) is 49.4 Å². The minimum Gasteiger partial charge on any atom is -0.371 e. The van der Waals surface area contributed by atoms with Crippen LogP contribution in [0.4, 0.5) is 18.9 Å². The molecule has 1 unspecified atom stereocenters. The summed E-state index contributed by atoms with van der Waals surface area (Å²) in [5, 5.41) is 15.5. The average Bonchev–Trinajstić information content (AvgIpc) is 3.46. The second-order valence-corrected chi connectivity index (χ2v) is 9.77. The molecule has 180 valence electrons. The molecule has 0 bridgehead atoms. The number of hydrogen-bond donors (Lipinski definition) is 1. The van der Waals surface area contributed by atoms with Crippen LogP contribution < -0.4 is 10.2 Å². The SMILES string of the molecule is CNC(=O)C1CC2(CCN(c3ccc(C#N)c(C(F)(F)F)c3)CC2)CN1C(=O)Cc1ccsc1. The van der Waals surface area contributed by atoms with Crippen molar-refractivity contribution in [3.8, 4) is 6.07 Å². The third kappa shape index (κ3) is 4.75. The summed E-state index contributed by atoms with van der Waals surface area (Å²) < 4.78 is 40.2. The predicted molar refractivity (Wildman–Crippen MR) is 122 cm³/mol. The van der Waals surface area contributed by atoms with Gasteiger partial charge in [-0.1, -0.05) is 0 Å². The fraction of sp³-hybridized carbons (Fsp3) is 0.458. The van der Waals surface area contributed by atoms with Crippen LogP contribution in [0, 0.1) is 16.7 Å². The van der Waals surface area contributed by atoms with Crippen molar-refractivity contribution in [1.82, 2.24) is 10.2 Å². The highest BCUT2D eigenvalue weighted by molar-refractivity contribution is 7.08. The fourth-order valence-electron chi connectivity index (χ4n) is 5.05. The van der Waals surface area contributed by atoms with Crippen molar-refractivity contribution in [2.45, 2.75) is 37.9 Å². The number of benzene rings is 1. The second kappa shape index (κ2) is 9.29. The maximum absolute atomic E-state index is 13.4. The lowest BCUT2D eigenvalue weighted by Crippen LogP contribution is -2.45. The maximum Gasteiger partial charge on any atom is 0.417 e. The van der Waals surface area contributed by atoms with Crippen molar-refractivity contribution < 1.29 is 22.8 Å². The van der Waals surface area contributed by atoms with Crippen LogP contribution in [-0.2, 0) is 22.2 Å². The van der Waals surface area contributed by atoms with E-state index in [1.807, 2.05) is 21.7 Å². The van der Waals surface area contributed by atoms with E-state index >= 15 is 0 Å². The molecule has 1 aromatic heterocycles. The van der Waals surface area contributed by atoms with Crippen molar-refractivity contribution in [3.63, 3.8) is 0 Å².